The first-order chi connectivity index (χ1) is 12.5. The molecule has 1 unspecified atom stereocenters. The Morgan fingerprint density at radius 1 is 1.12 bits per heavy atom. The predicted octanol–water partition coefficient (Wildman–Crippen LogP) is 4.11. The summed E-state index contributed by atoms with van der Waals surface area (Å²) in [6.45, 7) is 5.97. The van der Waals surface area contributed by atoms with Crippen molar-refractivity contribution in [2.45, 2.75) is 13.0 Å². The van der Waals surface area contributed by atoms with Gasteiger partial charge in [-0.1, -0.05) is 53.0 Å². The smallest absolute Gasteiger partial charge is 0.251 e. The summed E-state index contributed by atoms with van der Waals surface area (Å²) < 4.78 is 5.42. The van der Waals surface area contributed by atoms with E-state index < -0.39 is 0 Å². The van der Waals surface area contributed by atoms with Gasteiger partial charge in [-0.15, -0.1) is 0 Å². The van der Waals surface area contributed by atoms with E-state index in [1.165, 1.54) is 5.56 Å². The Balaban J connectivity index is 1.78. The number of ether oxygens (including phenoxy) is 1. The molecule has 4 nitrogen and oxygen atoms in total. The molecule has 2 aromatic carbocycles. The van der Waals surface area contributed by atoms with Crippen LogP contribution in [0.4, 0.5) is 0 Å². The van der Waals surface area contributed by atoms with Gasteiger partial charge in [-0.2, -0.15) is 0 Å². The molecular formula is C20H22Cl2N2O2. The fourth-order valence-electron chi connectivity index (χ4n) is 2.95. The Kier molecular flexibility index (Phi) is 6.54. The van der Waals surface area contributed by atoms with Gasteiger partial charge in [-0.05, 0) is 30.7 Å². The molecule has 2 aromatic rings. The van der Waals surface area contributed by atoms with E-state index in [0.29, 0.717) is 15.6 Å². The summed E-state index contributed by atoms with van der Waals surface area (Å²) in [6, 6.07) is 13.1. The van der Waals surface area contributed by atoms with E-state index >= 15 is 0 Å². The summed E-state index contributed by atoms with van der Waals surface area (Å²) in [5.41, 5.74) is 2.77. The van der Waals surface area contributed by atoms with Crippen LogP contribution in [0.1, 0.15) is 27.5 Å². The number of hydrogen-bond donors (Lipinski definition) is 1. The number of amides is 1. The summed E-state index contributed by atoms with van der Waals surface area (Å²) in [7, 11) is 0. The van der Waals surface area contributed by atoms with Crippen molar-refractivity contribution < 1.29 is 9.53 Å². The lowest BCUT2D eigenvalue weighted by molar-refractivity contribution is 0.0332. The lowest BCUT2D eigenvalue weighted by atomic mass is 10.0. The molecule has 3 rings (SSSR count). The van der Waals surface area contributed by atoms with E-state index in [0.717, 1.165) is 38.4 Å². The highest BCUT2D eigenvalue weighted by atomic mass is 35.5. The quantitative estimate of drug-likeness (QED) is 0.832. The van der Waals surface area contributed by atoms with Crippen molar-refractivity contribution in [2.75, 3.05) is 32.8 Å². The fraction of sp³-hybridized carbons (Fsp3) is 0.350. The molecule has 138 valence electrons. The van der Waals surface area contributed by atoms with Crippen molar-refractivity contribution in [3.05, 3.63) is 69.2 Å². The number of aryl methyl sites for hydroxylation is 1. The molecule has 0 bridgehead atoms. The molecule has 0 spiro atoms. The highest BCUT2D eigenvalue weighted by Gasteiger charge is 2.21. The molecule has 0 radical (unpaired) electrons. The van der Waals surface area contributed by atoms with Crippen molar-refractivity contribution >= 4 is 29.1 Å². The van der Waals surface area contributed by atoms with E-state index in [9.17, 15) is 4.79 Å². The Labute approximate surface area is 164 Å². The van der Waals surface area contributed by atoms with Gasteiger partial charge < -0.3 is 10.1 Å². The van der Waals surface area contributed by atoms with E-state index in [1.54, 1.807) is 18.2 Å². The standard InChI is InChI=1S/C20H22Cl2N2O2/c1-14-2-4-15(5-3-14)19(13-24-8-10-26-11-9-24)23-20(25)16-6-7-17(21)18(22)12-16/h2-7,12,19H,8-11,13H2,1H3,(H,23,25). The van der Waals surface area contributed by atoms with E-state index in [2.05, 4.69) is 41.4 Å². The molecule has 1 heterocycles. The van der Waals surface area contributed by atoms with Gasteiger partial charge in [0.15, 0.2) is 0 Å². The molecule has 26 heavy (non-hydrogen) atoms. The molecule has 1 fully saturated rings. The number of halogens is 2. The number of morpholine rings is 1. The molecule has 6 heteroatoms. The van der Waals surface area contributed by atoms with Crippen molar-refractivity contribution in [2.24, 2.45) is 0 Å². The molecular weight excluding hydrogens is 371 g/mol. The highest BCUT2D eigenvalue weighted by molar-refractivity contribution is 6.42. The number of rotatable bonds is 5. The maximum atomic E-state index is 12.7. The second kappa shape index (κ2) is 8.87. The van der Waals surface area contributed by atoms with Gasteiger partial charge in [-0.3, -0.25) is 9.69 Å². The summed E-state index contributed by atoms with van der Waals surface area (Å²) >= 11 is 12.0. The molecule has 1 atom stereocenters. The monoisotopic (exact) mass is 392 g/mol. The Morgan fingerprint density at radius 2 is 1.81 bits per heavy atom. The zero-order chi connectivity index (χ0) is 18.5. The molecule has 0 aromatic heterocycles. The third-order valence-corrected chi connectivity index (χ3v) is 5.25. The number of carbonyl (C=O) groups excluding carboxylic acids is 1. The van der Waals surface area contributed by atoms with E-state index in [1.807, 2.05) is 0 Å². The normalized spacial score (nSPS) is 16.3. The number of carbonyl (C=O) groups is 1. The first-order valence-electron chi connectivity index (χ1n) is 8.65. The zero-order valence-corrected chi connectivity index (χ0v) is 16.2. The number of hydrogen-bond acceptors (Lipinski definition) is 3. The third kappa shape index (κ3) is 4.98. The summed E-state index contributed by atoms with van der Waals surface area (Å²) in [5, 5.41) is 3.95. The summed E-state index contributed by atoms with van der Waals surface area (Å²) in [6.07, 6.45) is 0. The molecule has 1 saturated heterocycles. The maximum absolute atomic E-state index is 12.7. The largest absolute Gasteiger partial charge is 0.379 e. The second-order valence-electron chi connectivity index (χ2n) is 6.48. The molecule has 0 saturated carbocycles. The summed E-state index contributed by atoms with van der Waals surface area (Å²) in [4.78, 5) is 15.1. The number of nitrogens with one attached hydrogen (secondary N) is 1. The van der Waals surface area contributed by atoms with Crippen LogP contribution in [0.5, 0.6) is 0 Å². The average Bonchev–Trinajstić information content (AvgIpc) is 2.65. The summed E-state index contributed by atoms with van der Waals surface area (Å²) in [5.74, 6) is -0.164. The van der Waals surface area contributed by atoms with Crippen LogP contribution in [0.3, 0.4) is 0 Å². The van der Waals surface area contributed by atoms with Gasteiger partial charge in [0.25, 0.3) is 5.91 Å². The lowest BCUT2D eigenvalue weighted by Crippen LogP contribution is -2.43. The maximum Gasteiger partial charge on any atom is 0.251 e. The van der Waals surface area contributed by atoms with Gasteiger partial charge in [0, 0.05) is 25.2 Å². The van der Waals surface area contributed by atoms with Crippen LogP contribution in [0.25, 0.3) is 0 Å². The van der Waals surface area contributed by atoms with Crippen LogP contribution in [-0.2, 0) is 4.74 Å². The SMILES string of the molecule is Cc1ccc(C(CN2CCOCC2)NC(=O)c2ccc(Cl)c(Cl)c2)cc1. The first kappa shape index (κ1) is 19.2. The van der Waals surface area contributed by atoms with Crippen molar-refractivity contribution in [3.63, 3.8) is 0 Å². The van der Waals surface area contributed by atoms with Gasteiger partial charge >= 0.3 is 0 Å². The third-order valence-electron chi connectivity index (χ3n) is 4.51. The molecule has 1 N–H and O–H groups in total. The molecule has 1 aliphatic heterocycles. The van der Waals surface area contributed by atoms with Crippen LogP contribution in [-0.4, -0.2) is 43.7 Å². The molecule has 1 aliphatic rings. The van der Waals surface area contributed by atoms with Crippen molar-refractivity contribution in [1.82, 2.24) is 10.2 Å². The van der Waals surface area contributed by atoms with Gasteiger partial charge in [0.2, 0.25) is 0 Å². The lowest BCUT2D eigenvalue weighted by Gasteiger charge is -2.31. The van der Waals surface area contributed by atoms with E-state index in [4.69, 9.17) is 27.9 Å². The van der Waals surface area contributed by atoms with Crippen LogP contribution in [0.2, 0.25) is 10.0 Å². The van der Waals surface area contributed by atoms with Crippen LogP contribution in [0, 0.1) is 6.92 Å². The van der Waals surface area contributed by atoms with Gasteiger partial charge in [0.1, 0.15) is 0 Å². The van der Waals surface area contributed by atoms with Crippen molar-refractivity contribution in [1.29, 1.82) is 0 Å². The second-order valence-corrected chi connectivity index (χ2v) is 7.29. The molecule has 1 amide bonds. The number of nitrogens with zero attached hydrogens (tertiary/aromatic N) is 1. The highest BCUT2D eigenvalue weighted by Crippen LogP contribution is 2.23. The number of benzene rings is 2. The van der Waals surface area contributed by atoms with Crippen LogP contribution in [0.15, 0.2) is 42.5 Å². The van der Waals surface area contributed by atoms with E-state index in [-0.39, 0.29) is 11.9 Å². The Hall–Kier alpha value is -1.59. The van der Waals surface area contributed by atoms with Gasteiger partial charge in [0.05, 0.1) is 29.3 Å². The molecule has 0 aliphatic carbocycles. The predicted molar refractivity (Wildman–Crippen MR) is 105 cm³/mol. The zero-order valence-electron chi connectivity index (χ0n) is 14.7. The van der Waals surface area contributed by atoms with Gasteiger partial charge in [-0.25, -0.2) is 0 Å². The minimum Gasteiger partial charge on any atom is -0.379 e. The topological polar surface area (TPSA) is 41.6 Å². The Bertz CT molecular complexity index is 759. The fourth-order valence-corrected chi connectivity index (χ4v) is 3.25. The van der Waals surface area contributed by atoms with Crippen molar-refractivity contribution in [3.8, 4) is 0 Å². The minimum absolute atomic E-state index is 0.115. The minimum atomic E-state index is -0.164. The van der Waals surface area contributed by atoms with Crippen LogP contribution >= 0.6 is 23.2 Å². The van der Waals surface area contributed by atoms with Crippen LogP contribution < -0.4 is 5.32 Å². The first-order valence-corrected chi connectivity index (χ1v) is 9.41. The Morgan fingerprint density at radius 3 is 2.46 bits per heavy atom. The average molecular weight is 393 g/mol.